The Morgan fingerprint density at radius 3 is 2.14 bits per heavy atom. The molecule has 1 aliphatic carbocycles. The molecule has 0 aromatic heterocycles. The van der Waals surface area contributed by atoms with Gasteiger partial charge in [-0.15, -0.1) is 0 Å². The highest BCUT2D eigenvalue weighted by Crippen LogP contribution is 2.47. The van der Waals surface area contributed by atoms with Crippen LogP contribution in [0.5, 0.6) is 11.5 Å². The Morgan fingerprint density at radius 2 is 1.63 bits per heavy atom. The number of unbranched alkanes of at least 4 members (excludes halogenated alkanes) is 2. The van der Waals surface area contributed by atoms with Crippen LogP contribution in [0.1, 0.15) is 69.9 Å². The van der Waals surface area contributed by atoms with Crippen molar-refractivity contribution in [2.45, 2.75) is 111 Å². The van der Waals surface area contributed by atoms with Crippen molar-refractivity contribution in [2.75, 3.05) is 0 Å². The zero-order valence-electron chi connectivity index (χ0n) is 24.0. The normalized spacial score (nSPS) is 19.4. The van der Waals surface area contributed by atoms with Crippen LogP contribution in [0.15, 0.2) is 35.9 Å². The van der Waals surface area contributed by atoms with Crippen LogP contribution in [0.2, 0.25) is 45.8 Å². The van der Waals surface area contributed by atoms with Crippen molar-refractivity contribution in [2.24, 2.45) is 5.92 Å². The van der Waals surface area contributed by atoms with Gasteiger partial charge in [0.05, 0.1) is 0 Å². The Bertz CT molecular complexity index is 896. The quantitative estimate of drug-likeness (QED) is 0.165. The minimum atomic E-state index is -3.04. The van der Waals surface area contributed by atoms with E-state index in [2.05, 4.69) is 78.8 Å². The third kappa shape index (κ3) is 9.35. The topological polar surface area (TPSA) is 47.9 Å². The molecule has 0 bridgehead atoms. The third-order valence-corrected chi connectivity index (χ3v) is 14.7. The predicted octanol–water partition coefficient (Wildman–Crippen LogP) is 8.79. The van der Waals surface area contributed by atoms with Gasteiger partial charge in [0, 0.05) is 18.0 Å². The monoisotopic (exact) mass is 534 g/mol. The van der Waals surface area contributed by atoms with E-state index in [-0.39, 0.29) is 11.8 Å². The highest BCUT2D eigenvalue weighted by atomic mass is 28.5. The number of aromatic hydroxyl groups is 1. The van der Waals surface area contributed by atoms with Crippen molar-refractivity contribution in [3.05, 3.63) is 47.1 Å². The zero-order valence-corrected chi connectivity index (χ0v) is 27.0. The van der Waals surface area contributed by atoms with E-state index < -0.39 is 25.4 Å². The van der Waals surface area contributed by atoms with Gasteiger partial charge in [0.2, 0.25) is 0 Å². The zero-order chi connectivity index (χ0) is 26.6. The first-order valence-electron chi connectivity index (χ1n) is 13.3. The lowest BCUT2D eigenvalue weighted by Gasteiger charge is -2.39. The average molecular weight is 535 g/mol. The number of benzene rings is 1. The molecule has 1 aromatic carbocycles. The van der Waals surface area contributed by atoms with Gasteiger partial charge in [-0.1, -0.05) is 43.6 Å². The molecule has 0 spiro atoms. The number of phenolic OH excluding ortho intramolecular Hbond substituents is 1. The molecule has 0 saturated heterocycles. The number of aryl methyl sites for hydroxylation is 1. The van der Waals surface area contributed by atoms with E-state index in [1.165, 1.54) is 18.4 Å². The molecule has 7 heteroatoms. The first kappa shape index (κ1) is 30.1. The minimum Gasteiger partial charge on any atom is -0.507 e. The maximum absolute atomic E-state index is 11.4. The van der Waals surface area contributed by atoms with Crippen molar-refractivity contribution in [1.29, 1.82) is 0 Å². The molecule has 198 valence electrons. The average Bonchev–Trinajstić information content (AvgIpc) is 2.64. The van der Waals surface area contributed by atoms with E-state index in [9.17, 15) is 5.11 Å². The molecule has 0 amide bonds. The van der Waals surface area contributed by atoms with Crippen molar-refractivity contribution in [3.63, 3.8) is 0 Å². The summed E-state index contributed by atoms with van der Waals surface area (Å²) < 4.78 is 20.2. The van der Waals surface area contributed by atoms with E-state index in [1.807, 2.05) is 12.6 Å². The molecule has 0 aliphatic heterocycles. The summed E-state index contributed by atoms with van der Waals surface area (Å²) in [7, 11) is -6.94. The third-order valence-electron chi connectivity index (χ3n) is 6.24. The summed E-state index contributed by atoms with van der Waals surface area (Å²) in [6, 6.07) is 4.09. The molecule has 35 heavy (non-hydrogen) atoms. The second-order valence-electron chi connectivity index (χ2n) is 12.4. The Hall–Kier alpha value is -1.13. The molecule has 0 unspecified atom stereocenters. The van der Waals surface area contributed by atoms with Crippen molar-refractivity contribution >= 4 is 25.4 Å². The van der Waals surface area contributed by atoms with Crippen LogP contribution >= 0.6 is 0 Å². The smallest absolute Gasteiger partial charge is 0.507 e. The largest absolute Gasteiger partial charge is 0.541 e. The van der Waals surface area contributed by atoms with Crippen molar-refractivity contribution in [3.8, 4) is 11.5 Å². The minimum absolute atomic E-state index is 0.0259. The van der Waals surface area contributed by atoms with Gasteiger partial charge in [-0.25, -0.2) is 0 Å². The lowest BCUT2D eigenvalue weighted by Crippen LogP contribution is -2.57. The Morgan fingerprint density at radius 1 is 1.03 bits per heavy atom. The molecule has 1 aliphatic rings. The molecule has 0 fully saturated rings. The highest BCUT2D eigenvalue weighted by Gasteiger charge is 2.46. The number of hydrogen-bond donors (Lipinski definition) is 1. The summed E-state index contributed by atoms with van der Waals surface area (Å²) in [6.45, 7) is 25.9. The van der Waals surface area contributed by atoms with Gasteiger partial charge in [-0.3, -0.25) is 0 Å². The number of hydrogen-bond acceptors (Lipinski definition) is 4. The SMILES string of the molecule is C=C(C)[C@@H]1CCC(C)=C[C@H]1c1c(O)cc(CCCCC)cc1O[Si](C)(O[Si](C)(C)C)O[Si](C)(C)C. The second-order valence-corrected chi connectivity index (χ2v) is 24.4. The standard InChI is InChI=1S/C28H50O4Si3/c1-12-13-14-15-23-19-26(29)28(25-18-22(4)16-17-24(25)21(2)3)27(20-23)30-35(11,31-33(5,6)7)32-34(8,9)10/h18-20,24-25,29H,2,12-17H2,1,3-11H3/t24-,25+/m0/s1. The van der Waals surface area contributed by atoms with Crippen LogP contribution in [0.4, 0.5) is 0 Å². The van der Waals surface area contributed by atoms with Gasteiger partial charge in [0.15, 0.2) is 16.6 Å². The fourth-order valence-electron chi connectivity index (χ4n) is 5.09. The van der Waals surface area contributed by atoms with E-state index in [0.29, 0.717) is 5.75 Å². The van der Waals surface area contributed by atoms with E-state index in [1.54, 1.807) is 0 Å². The van der Waals surface area contributed by atoms with Gasteiger partial charge in [0.1, 0.15) is 11.5 Å². The molecular weight excluding hydrogens is 485 g/mol. The predicted molar refractivity (Wildman–Crippen MR) is 156 cm³/mol. The summed E-state index contributed by atoms with van der Waals surface area (Å²) in [5.74, 6) is 1.33. The molecule has 1 N–H and O–H groups in total. The lowest BCUT2D eigenvalue weighted by molar-refractivity contribution is 0.262. The van der Waals surface area contributed by atoms with Gasteiger partial charge in [-0.05, 0) is 102 Å². The van der Waals surface area contributed by atoms with Gasteiger partial charge in [0.25, 0.3) is 0 Å². The molecule has 0 heterocycles. The Labute approximate surface area is 218 Å². The fourth-order valence-corrected chi connectivity index (χ4v) is 15.4. The molecule has 2 atom stereocenters. The van der Waals surface area contributed by atoms with Gasteiger partial charge >= 0.3 is 8.80 Å². The van der Waals surface area contributed by atoms with Crippen LogP contribution in [-0.2, 0) is 14.7 Å². The van der Waals surface area contributed by atoms with Crippen LogP contribution in [0.25, 0.3) is 0 Å². The molecule has 0 radical (unpaired) electrons. The van der Waals surface area contributed by atoms with Crippen LogP contribution in [0, 0.1) is 5.92 Å². The highest BCUT2D eigenvalue weighted by molar-refractivity contribution is 6.85. The molecule has 1 aromatic rings. The van der Waals surface area contributed by atoms with Gasteiger partial charge < -0.3 is 17.8 Å². The van der Waals surface area contributed by atoms with Gasteiger partial charge in [-0.2, -0.15) is 0 Å². The van der Waals surface area contributed by atoms with Crippen molar-refractivity contribution < 1.29 is 17.8 Å². The first-order chi connectivity index (χ1) is 16.0. The van der Waals surface area contributed by atoms with E-state index in [4.69, 9.17) is 12.7 Å². The maximum Gasteiger partial charge on any atom is 0.541 e. The molecule has 2 rings (SSSR count). The summed E-state index contributed by atoms with van der Waals surface area (Å²) in [4.78, 5) is 0. The Kier molecular flexibility index (Phi) is 10.3. The summed E-state index contributed by atoms with van der Waals surface area (Å²) in [6.07, 6.45) is 8.75. The van der Waals surface area contributed by atoms with Crippen molar-refractivity contribution in [1.82, 2.24) is 0 Å². The van der Waals surface area contributed by atoms with E-state index >= 15 is 0 Å². The lowest BCUT2D eigenvalue weighted by atomic mass is 9.73. The van der Waals surface area contributed by atoms with Crippen LogP contribution in [0.3, 0.4) is 0 Å². The number of allylic oxidation sites excluding steroid dienone is 3. The maximum atomic E-state index is 11.4. The Balaban J connectivity index is 2.66. The second kappa shape index (κ2) is 11.9. The summed E-state index contributed by atoms with van der Waals surface area (Å²) >= 11 is 0. The first-order valence-corrected chi connectivity index (χ1v) is 22.4. The summed E-state index contributed by atoms with van der Waals surface area (Å²) in [5, 5.41) is 11.4. The molecular formula is C28H50O4Si3. The summed E-state index contributed by atoms with van der Waals surface area (Å²) in [5.41, 5.74) is 4.46. The van der Waals surface area contributed by atoms with Crippen LogP contribution < -0.4 is 4.43 Å². The fraction of sp³-hybridized carbons (Fsp3) is 0.643. The van der Waals surface area contributed by atoms with Crippen LogP contribution in [-0.4, -0.2) is 30.5 Å². The molecule has 0 saturated carbocycles. The van der Waals surface area contributed by atoms with E-state index in [0.717, 1.165) is 48.1 Å². The number of phenols is 1. The number of rotatable bonds is 12. The molecule has 4 nitrogen and oxygen atoms in total.